The number of aliphatic hydroxyl groups is 1. The van der Waals surface area contributed by atoms with Crippen LogP contribution < -0.4 is 0 Å². The monoisotopic (exact) mass is 222 g/mol. The van der Waals surface area contributed by atoms with Gasteiger partial charge in [0.2, 0.25) is 0 Å². The number of hydrogen-bond acceptors (Lipinski definition) is 1. The van der Waals surface area contributed by atoms with Gasteiger partial charge in [0.15, 0.2) is 0 Å². The first kappa shape index (κ1) is 13.5. The molecule has 1 rings (SSSR count). The molecule has 1 fully saturated rings. The summed E-state index contributed by atoms with van der Waals surface area (Å²) in [6.45, 7) is 6.67. The van der Waals surface area contributed by atoms with Gasteiger partial charge < -0.3 is 5.11 Å². The Labute approximate surface area is 100 Å². The van der Waals surface area contributed by atoms with Gasteiger partial charge >= 0.3 is 0 Å². The van der Waals surface area contributed by atoms with E-state index in [9.17, 15) is 5.11 Å². The molecule has 1 aliphatic rings. The Hall–Kier alpha value is -0.560. The molecule has 92 valence electrons. The molecule has 1 nitrogen and oxygen atoms in total. The van der Waals surface area contributed by atoms with E-state index < -0.39 is 0 Å². The van der Waals surface area contributed by atoms with E-state index >= 15 is 0 Å². The topological polar surface area (TPSA) is 20.2 Å². The van der Waals surface area contributed by atoms with Crippen LogP contribution in [0.4, 0.5) is 0 Å². The van der Waals surface area contributed by atoms with Crippen molar-refractivity contribution in [2.45, 2.75) is 65.4 Å². The SMILES string of the molecule is CCCC=C1CCC(=CCCC(C)C)C1O. The Morgan fingerprint density at radius 2 is 1.75 bits per heavy atom. The highest BCUT2D eigenvalue weighted by molar-refractivity contribution is 5.30. The third-order valence-electron chi connectivity index (χ3n) is 3.25. The van der Waals surface area contributed by atoms with Crippen LogP contribution in [0.5, 0.6) is 0 Å². The van der Waals surface area contributed by atoms with E-state index in [1.165, 1.54) is 24.0 Å². The Balaban J connectivity index is 2.46. The summed E-state index contributed by atoms with van der Waals surface area (Å²) < 4.78 is 0. The van der Waals surface area contributed by atoms with Gasteiger partial charge in [-0.3, -0.25) is 0 Å². The summed E-state index contributed by atoms with van der Waals surface area (Å²) in [6.07, 6.45) is 11.0. The van der Waals surface area contributed by atoms with Gasteiger partial charge in [0.05, 0.1) is 6.10 Å². The van der Waals surface area contributed by atoms with Gasteiger partial charge in [-0.05, 0) is 49.2 Å². The first-order valence-electron chi connectivity index (χ1n) is 6.71. The first-order chi connectivity index (χ1) is 7.65. The van der Waals surface area contributed by atoms with Crippen LogP contribution in [-0.4, -0.2) is 11.2 Å². The van der Waals surface area contributed by atoms with Crippen LogP contribution in [0.2, 0.25) is 0 Å². The molecular formula is C15H26O. The zero-order chi connectivity index (χ0) is 12.0. The third-order valence-corrected chi connectivity index (χ3v) is 3.25. The van der Waals surface area contributed by atoms with Crippen molar-refractivity contribution in [3.63, 3.8) is 0 Å². The van der Waals surface area contributed by atoms with Gasteiger partial charge in [-0.15, -0.1) is 0 Å². The van der Waals surface area contributed by atoms with Crippen LogP contribution in [0.25, 0.3) is 0 Å². The van der Waals surface area contributed by atoms with E-state index in [1.54, 1.807) is 0 Å². The van der Waals surface area contributed by atoms with Crippen molar-refractivity contribution in [3.8, 4) is 0 Å². The summed E-state index contributed by atoms with van der Waals surface area (Å²) in [5.74, 6) is 0.755. The number of hydrogen-bond donors (Lipinski definition) is 1. The van der Waals surface area contributed by atoms with Gasteiger partial charge in [-0.2, -0.15) is 0 Å². The molecule has 1 saturated carbocycles. The minimum Gasteiger partial charge on any atom is -0.384 e. The highest BCUT2D eigenvalue weighted by atomic mass is 16.3. The fraction of sp³-hybridized carbons (Fsp3) is 0.733. The van der Waals surface area contributed by atoms with E-state index in [0.717, 1.165) is 31.6 Å². The molecule has 0 saturated heterocycles. The second-order valence-electron chi connectivity index (χ2n) is 5.22. The van der Waals surface area contributed by atoms with Crippen molar-refractivity contribution in [1.29, 1.82) is 0 Å². The van der Waals surface area contributed by atoms with E-state index in [2.05, 4.69) is 32.9 Å². The lowest BCUT2D eigenvalue weighted by Crippen LogP contribution is -2.05. The Bertz CT molecular complexity index is 261. The summed E-state index contributed by atoms with van der Waals surface area (Å²) in [7, 11) is 0. The second kappa shape index (κ2) is 6.90. The lowest BCUT2D eigenvalue weighted by Gasteiger charge is -2.07. The van der Waals surface area contributed by atoms with E-state index in [0.29, 0.717) is 0 Å². The molecule has 0 spiro atoms. The zero-order valence-electron chi connectivity index (χ0n) is 11.0. The minimum atomic E-state index is -0.265. The Morgan fingerprint density at radius 3 is 2.25 bits per heavy atom. The molecule has 16 heavy (non-hydrogen) atoms. The smallest absolute Gasteiger partial charge is 0.0961 e. The highest BCUT2D eigenvalue weighted by Crippen LogP contribution is 2.31. The van der Waals surface area contributed by atoms with Crippen molar-refractivity contribution in [3.05, 3.63) is 23.3 Å². The summed E-state index contributed by atoms with van der Waals surface area (Å²) in [6, 6.07) is 0. The molecule has 1 unspecified atom stereocenters. The molecule has 1 atom stereocenters. The maximum absolute atomic E-state index is 10.1. The van der Waals surface area contributed by atoms with Crippen LogP contribution in [-0.2, 0) is 0 Å². The van der Waals surface area contributed by atoms with Gasteiger partial charge in [-0.25, -0.2) is 0 Å². The predicted molar refractivity (Wildman–Crippen MR) is 70.4 cm³/mol. The summed E-state index contributed by atoms with van der Waals surface area (Å²) >= 11 is 0. The molecule has 0 heterocycles. The van der Waals surface area contributed by atoms with E-state index in [4.69, 9.17) is 0 Å². The standard InChI is InChI=1S/C15H26O/c1-4-5-8-13-10-11-14(15(13)16)9-6-7-12(2)3/h8-9,12,15-16H,4-7,10-11H2,1-3H3. The van der Waals surface area contributed by atoms with Crippen LogP contribution in [0, 0.1) is 5.92 Å². The number of unbranched alkanes of at least 4 members (excludes halogenated alkanes) is 1. The lowest BCUT2D eigenvalue weighted by atomic mass is 10.0. The van der Waals surface area contributed by atoms with Crippen LogP contribution >= 0.6 is 0 Å². The quantitative estimate of drug-likeness (QED) is 0.690. The molecule has 0 radical (unpaired) electrons. The largest absolute Gasteiger partial charge is 0.384 e. The van der Waals surface area contributed by atoms with Crippen molar-refractivity contribution >= 4 is 0 Å². The fourth-order valence-electron chi connectivity index (χ4n) is 2.16. The van der Waals surface area contributed by atoms with Crippen LogP contribution in [0.3, 0.4) is 0 Å². The Morgan fingerprint density at radius 1 is 1.19 bits per heavy atom. The summed E-state index contributed by atoms with van der Waals surface area (Å²) in [5.41, 5.74) is 2.50. The molecule has 0 aromatic heterocycles. The molecule has 0 aromatic carbocycles. The average molecular weight is 222 g/mol. The molecule has 1 aliphatic carbocycles. The summed E-state index contributed by atoms with van der Waals surface area (Å²) in [4.78, 5) is 0. The van der Waals surface area contributed by atoms with E-state index in [-0.39, 0.29) is 6.10 Å². The highest BCUT2D eigenvalue weighted by Gasteiger charge is 2.22. The molecule has 0 bridgehead atoms. The van der Waals surface area contributed by atoms with Gasteiger partial charge in [0, 0.05) is 0 Å². The molecule has 1 heteroatoms. The maximum atomic E-state index is 10.1. The first-order valence-corrected chi connectivity index (χ1v) is 6.71. The minimum absolute atomic E-state index is 0.265. The van der Waals surface area contributed by atoms with Gasteiger partial charge in [0.1, 0.15) is 0 Å². The number of aliphatic hydroxyl groups excluding tert-OH is 1. The van der Waals surface area contributed by atoms with Crippen molar-refractivity contribution < 1.29 is 5.11 Å². The third kappa shape index (κ3) is 4.13. The molecule has 0 aromatic rings. The second-order valence-corrected chi connectivity index (χ2v) is 5.22. The molecule has 1 N–H and O–H groups in total. The fourth-order valence-corrected chi connectivity index (χ4v) is 2.16. The predicted octanol–water partition coefficient (Wildman–Crippen LogP) is 4.23. The molecular weight excluding hydrogens is 196 g/mol. The average Bonchev–Trinajstić information content (AvgIpc) is 2.57. The molecule has 0 aliphatic heterocycles. The van der Waals surface area contributed by atoms with E-state index in [1.807, 2.05) is 0 Å². The van der Waals surface area contributed by atoms with Crippen LogP contribution in [0.15, 0.2) is 23.3 Å². The lowest BCUT2D eigenvalue weighted by molar-refractivity contribution is 0.254. The normalized spacial score (nSPS) is 26.2. The Kier molecular flexibility index (Phi) is 5.83. The van der Waals surface area contributed by atoms with Crippen molar-refractivity contribution in [2.24, 2.45) is 5.92 Å². The van der Waals surface area contributed by atoms with Gasteiger partial charge in [-0.1, -0.05) is 39.3 Å². The number of rotatable bonds is 5. The molecule has 0 amide bonds. The van der Waals surface area contributed by atoms with Crippen LogP contribution in [0.1, 0.15) is 59.3 Å². The zero-order valence-corrected chi connectivity index (χ0v) is 11.0. The maximum Gasteiger partial charge on any atom is 0.0961 e. The summed E-state index contributed by atoms with van der Waals surface area (Å²) in [5, 5.41) is 10.1. The van der Waals surface area contributed by atoms with Crippen molar-refractivity contribution in [1.82, 2.24) is 0 Å². The van der Waals surface area contributed by atoms with Gasteiger partial charge in [0.25, 0.3) is 0 Å². The number of allylic oxidation sites excluding steroid dienone is 2. The van der Waals surface area contributed by atoms with Crippen molar-refractivity contribution in [2.75, 3.05) is 0 Å².